The van der Waals surface area contributed by atoms with Crippen molar-refractivity contribution in [3.8, 4) is 0 Å². The van der Waals surface area contributed by atoms with Crippen molar-refractivity contribution in [1.82, 2.24) is 10.2 Å². The molecule has 1 aromatic rings. The molecule has 3 rings (SSSR count). The highest BCUT2D eigenvalue weighted by Gasteiger charge is 2.47. The number of amides is 2. The number of aryl methyl sites for hydroxylation is 2. The van der Waals surface area contributed by atoms with Crippen LogP contribution in [0.25, 0.3) is 0 Å². The Labute approximate surface area is 161 Å². The lowest BCUT2D eigenvalue weighted by atomic mass is 9.80. The summed E-state index contributed by atoms with van der Waals surface area (Å²) in [6.45, 7) is 4.60. The fourth-order valence-corrected chi connectivity index (χ4v) is 4.43. The Balaban J connectivity index is 1.90. The van der Waals surface area contributed by atoms with E-state index in [1.807, 2.05) is 6.07 Å². The van der Waals surface area contributed by atoms with Crippen LogP contribution in [0.3, 0.4) is 0 Å². The van der Waals surface area contributed by atoms with Gasteiger partial charge >= 0.3 is 0 Å². The lowest BCUT2D eigenvalue weighted by Gasteiger charge is -2.41. The third-order valence-corrected chi connectivity index (χ3v) is 6.15. The first-order chi connectivity index (χ1) is 12.9. The maximum Gasteiger partial charge on any atom is 0.248 e. The number of nitrogens with zero attached hydrogens (tertiary/aromatic N) is 1. The van der Waals surface area contributed by atoms with Gasteiger partial charge in [-0.15, -0.1) is 0 Å². The molecule has 0 unspecified atom stereocenters. The zero-order valence-electron chi connectivity index (χ0n) is 16.7. The summed E-state index contributed by atoms with van der Waals surface area (Å²) < 4.78 is 0. The molecule has 6 nitrogen and oxygen atoms in total. The second-order valence-corrected chi connectivity index (χ2v) is 8.15. The highest BCUT2D eigenvalue weighted by molar-refractivity contribution is 5.94. The van der Waals surface area contributed by atoms with Gasteiger partial charge < -0.3 is 21.3 Å². The van der Waals surface area contributed by atoms with Gasteiger partial charge in [0.15, 0.2) is 0 Å². The minimum absolute atomic E-state index is 0.0157. The molecule has 1 aliphatic carbocycles. The molecule has 1 saturated carbocycles. The van der Waals surface area contributed by atoms with Gasteiger partial charge in [-0.2, -0.15) is 0 Å². The third kappa shape index (κ3) is 3.95. The van der Waals surface area contributed by atoms with E-state index in [1.165, 1.54) is 11.1 Å². The topological polar surface area (TPSA) is 87.5 Å². The minimum Gasteiger partial charge on any atom is -0.371 e. The third-order valence-electron chi connectivity index (χ3n) is 6.15. The Morgan fingerprint density at radius 1 is 1.15 bits per heavy atom. The van der Waals surface area contributed by atoms with Crippen molar-refractivity contribution in [2.24, 2.45) is 5.73 Å². The summed E-state index contributed by atoms with van der Waals surface area (Å²) >= 11 is 0. The summed E-state index contributed by atoms with van der Waals surface area (Å²) in [5.41, 5.74) is 8.85. The van der Waals surface area contributed by atoms with E-state index in [4.69, 9.17) is 5.73 Å². The predicted octanol–water partition coefficient (Wildman–Crippen LogP) is 2.09. The molecule has 0 radical (unpaired) electrons. The number of anilines is 1. The first kappa shape index (κ1) is 19.7. The van der Waals surface area contributed by atoms with Gasteiger partial charge in [0.2, 0.25) is 11.8 Å². The molecular weight excluding hydrogens is 340 g/mol. The van der Waals surface area contributed by atoms with Crippen LogP contribution in [0.1, 0.15) is 49.7 Å². The van der Waals surface area contributed by atoms with Crippen molar-refractivity contribution >= 4 is 17.5 Å². The van der Waals surface area contributed by atoms with Gasteiger partial charge in [-0.05, 0) is 56.4 Å². The number of nitrogens with two attached hydrogens (primary N) is 1. The molecule has 2 aliphatic rings. The number of rotatable bonds is 4. The van der Waals surface area contributed by atoms with Crippen LogP contribution >= 0.6 is 0 Å². The van der Waals surface area contributed by atoms with Gasteiger partial charge in [0.1, 0.15) is 11.6 Å². The van der Waals surface area contributed by atoms with Gasteiger partial charge in [0, 0.05) is 25.3 Å². The monoisotopic (exact) mass is 372 g/mol. The van der Waals surface area contributed by atoms with Crippen LogP contribution in [-0.4, -0.2) is 47.9 Å². The molecule has 148 valence electrons. The Morgan fingerprint density at radius 3 is 2.48 bits per heavy atom. The SMILES string of the molecule is CNC(=O)[C@@H]1C[C@@H](N)CN1C(=O)C1(Nc2ccc(C)c(C)c2)CCCCC1. The number of likely N-dealkylation sites (N-methyl/N-ethyl adjacent to an activating group) is 1. The van der Waals surface area contributed by atoms with E-state index in [1.54, 1.807) is 11.9 Å². The standard InChI is InChI=1S/C21H32N4O2/c1-14-7-8-17(11-15(14)2)24-21(9-5-4-6-10-21)20(27)25-13-16(22)12-18(25)19(26)23-3/h7-8,11,16,18,24H,4-6,9-10,12-13,22H2,1-3H3,(H,23,26)/t16-,18+/m1/s1. The number of nitrogens with one attached hydrogen (secondary N) is 2. The molecule has 0 aromatic heterocycles. The zero-order valence-corrected chi connectivity index (χ0v) is 16.7. The molecular formula is C21H32N4O2. The highest BCUT2D eigenvalue weighted by Crippen LogP contribution is 2.35. The number of hydrogen-bond acceptors (Lipinski definition) is 4. The number of carbonyl (C=O) groups excluding carboxylic acids is 2. The van der Waals surface area contributed by atoms with Crippen LogP contribution < -0.4 is 16.4 Å². The van der Waals surface area contributed by atoms with Crippen LogP contribution in [-0.2, 0) is 9.59 Å². The maximum absolute atomic E-state index is 13.7. The zero-order chi connectivity index (χ0) is 19.6. The van der Waals surface area contributed by atoms with Crippen molar-refractivity contribution in [2.75, 3.05) is 18.9 Å². The quantitative estimate of drug-likeness (QED) is 0.755. The van der Waals surface area contributed by atoms with Crippen molar-refractivity contribution < 1.29 is 9.59 Å². The van der Waals surface area contributed by atoms with Crippen LogP contribution in [0.5, 0.6) is 0 Å². The Morgan fingerprint density at radius 2 is 1.85 bits per heavy atom. The number of carbonyl (C=O) groups is 2. The van der Waals surface area contributed by atoms with Crippen LogP contribution in [0, 0.1) is 13.8 Å². The van der Waals surface area contributed by atoms with Crippen LogP contribution in [0.2, 0.25) is 0 Å². The van der Waals surface area contributed by atoms with Crippen LogP contribution in [0.4, 0.5) is 5.69 Å². The minimum atomic E-state index is -0.656. The normalized spacial score (nSPS) is 24.5. The summed E-state index contributed by atoms with van der Waals surface area (Å²) in [5.74, 6) is -0.115. The van der Waals surface area contributed by atoms with Crippen molar-refractivity contribution in [3.63, 3.8) is 0 Å². The number of likely N-dealkylation sites (tertiary alicyclic amines) is 1. The Hall–Kier alpha value is -2.08. The number of benzene rings is 1. The van der Waals surface area contributed by atoms with E-state index in [-0.39, 0.29) is 17.9 Å². The molecule has 2 fully saturated rings. The van der Waals surface area contributed by atoms with E-state index in [2.05, 4.69) is 36.6 Å². The lowest BCUT2D eigenvalue weighted by molar-refractivity contribution is -0.142. The molecule has 2 amide bonds. The molecule has 6 heteroatoms. The fourth-order valence-electron chi connectivity index (χ4n) is 4.43. The first-order valence-electron chi connectivity index (χ1n) is 10.00. The van der Waals surface area contributed by atoms with Gasteiger partial charge in [0.05, 0.1) is 0 Å². The fraction of sp³-hybridized carbons (Fsp3) is 0.619. The summed E-state index contributed by atoms with van der Waals surface area (Å²) in [4.78, 5) is 27.7. The highest BCUT2D eigenvalue weighted by atomic mass is 16.2. The van der Waals surface area contributed by atoms with E-state index in [9.17, 15) is 9.59 Å². The van der Waals surface area contributed by atoms with Crippen molar-refractivity contribution in [3.05, 3.63) is 29.3 Å². The second-order valence-electron chi connectivity index (χ2n) is 8.15. The molecule has 27 heavy (non-hydrogen) atoms. The Bertz CT molecular complexity index is 712. The average molecular weight is 373 g/mol. The Kier molecular flexibility index (Phi) is 5.75. The van der Waals surface area contributed by atoms with E-state index < -0.39 is 11.6 Å². The summed E-state index contributed by atoms with van der Waals surface area (Å²) in [7, 11) is 1.61. The van der Waals surface area contributed by atoms with E-state index in [0.717, 1.165) is 37.8 Å². The maximum atomic E-state index is 13.7. The summed E-state index contributed by atoms with van der Waals surface area (Å²) in [5, 5.41) is 6.25. The van der Waals surface area contributed by atoms with Gasteiger partial charge in [0.25, 0.3) is 0 Å². The summed E-state index contributed by atoms with van der Waals surface area (Å²) in [6, 6.07) is 5.59. The molecule has 1 heterocycles. The molecule has 2 atom stereocenters. The smallest absolute Gasteiger partial charge is 0.248 e. The van der Waals surface area contributed by atoms with Crippen molar-refractivity contribution in [1.29, 1.82) is 0 Å². The molecule has 4 N–H and O–H groups in total. The lowest BCUT2D eigenvalue weighted by Crippen LogP contribution is -2.58. The van der Waals surface area contributed by atoms with Crippen molar-refractivity contribution in [2.45, 2.75) is 70.0 Å². The first-order valence-corrected chi connectivity index (χ1v) is 10.00. The van der Waals surface area contributed by atoms with Gasteiger partial charge in [-0.3, -0.25) is 9.59 Å². The van der Waals surface area contributed by atoms with E-state index in [0.29, 0.717) is 13.0 Å². The van der Waals surface area contributed by atoms with Gasteiger partial charge in [-0.25, -0.2) is 0 Å². The molecule has 1 saturated heterocycles. The van der Waals surface area contributed by atoms with E-state index >= 15 is 0 Å². The van der Waals surface area contributed by atoms with Crippen LogP contribution in [0.15, 0.2) is 18.2 Å². The van der Waals surface area contributed by atoms with Gasteiger partial charge in [-0.1, -0.05) is 25.3 Å². The molecule has 1 aromatic carbocycles. The molecule has 0 bridgehead atoms. The number of hydrogen-bond donors (Lipinski definition) is 3. The largest absolute Gasteiger partial charge is 0.371 e. The molecule has 0 spiro atoms. The predicted molar refractivity (Wildman–Crippen MR) is 108 cm³/mol. The second kappa shape index (κ2) is 7.89. The summed E-state index contributed by atoms with van der Waals surface area (Å²) in [6.07, 6.45) is 5.24. The average Bonchev–Trinajstić information content (AvgIpc) is 3.06. The molecule has 1 aliphatic heterocycles.